The number of likely N-dealkylation sites (tertiary alicyclic amines) is 2. The van der Waals surface area contributed by atoms with Crippen LogP contribution in [0.15, 0.2) is 42.5 Å². The van der Waals surface area contributed by atoms with Gasteiger partial charge in [0.15, 0.2) is 0 Å². The van der Waals surface area contributed by atoms with Crippen molar-refractivity contribution in [3.05, 3.63) is 59.2 Å². The zero-order valence-electron chi connectivity index (χ0n) is 27.5. The molecule has 2 amide bonds. The number of hydrogen-bond acceptors (Lipinski definition) is 5. The van der Waals surface area contributed by atoms with Gasteiger partial charge in [0.25, 0.3) is 0 Å². The van der Waals surface area contributed by atoms with E-state index in [4.69, 9.17) is 4.74 Å². The molecule has 2 saturated heterocycles. The molecule has 9 nitrogen and oxygen atoms in total. The molecule has 0 radical (unpaired) electrons. The first-order chi connectivity index (χ1) is 21.5. The molecule has 2 aromatic carbocycles. The number of amides is 2. The lowest BCUT2D eigenvalue weighted by atomic mass is 9.83. The van der Waals surface area contributed by atoms with Gasteiger partial charge in [0.1, 0.15) is 12.3 Å². The Balaban J connectivity index is 1.43. The van der Waals surface area contributed by atoms with Crippen molar-refractivity contribution in [3.8, 4) is 5.75 Å². The molecule has 9 heteroatoms. The van der Waals surface area contributed by atoms with E-state index in [1.54, 1.807) is 0 Å². The van der Waals surface area contributed by atoms with Gasteiger partial charge in [-0.15, -0.1) is 0 Å². The minimum absolute atomic E-state index is 0.0166. The lowest BCUT2D eigenvalue weighted by Crippen LogP contribution is -2.46. The van der Waals surface area contributed by atoms with Gasteiger partial charge in [-0.25, -0.2) is 0 Å². The highest BCUT2D eigenvalue weighted by atomic mass is 16.5. The number of anilines is 1. The van der Waals surface area contributed by atoms with E-state index >= 15 is 0 Å². The van der Waals surface area contributed by atoms with Gasteiger partial charge in [-0.05, 0) is 55.0 Å². The molecule has 45 heavy (non-hydrogen) atoms. The Labute approximate surface area is 268 Å². The van der Waals surface area contributed by atoms with Gasteiger partial charge in [0.2, 0.25) is 11.8 Å². The first-order valence-corrected chi connectivity index (χ1v) is 16.7. The smallest absolute Gasteiger partial charge is 0.308 e. The number of carboxylic acids is 1. The normalized spacial score (nSPS) is 21.9. The number of carboxylic acid groups (broad SMARTS) is 1. The standard InChI is InChI=1S/C36H50N4O5/c1-5-6-18-39(29-11-9-10-26(21-29)25-40(2,3)4)34(42)24-38-23-30(27-13-14-32-28(22-27)16-20-45-32)35(36(43)44)31(38)15-19-37-17-8-7-12-33(37)41/h9-11,13-14,21-22,30-31,35H,5-8,12,15-20,23-25H2,1-4H3/p+1/t30-,31+,35?/m1/s1. The molecule has 0 saturated carbocycles. The summed E-state index contributed by atoms with van der Waals surface area (Å²) < 4.78 is 6.51. The van der Waals surface area contributed by atoms with Crippen LogP contribution >= 0.6 is 0 Å². The number of piperidine rings is 1. The van der Waals surface area contributed by atoms with Crippen LogP contribution < -0.4 is 9.64 Å². The summed E-state index contributed by atoms with van der Waals surface area (Å²) in [5.74, 6) is -0.803. The number of benzene rings is 2. The molecule has 2 fully saturated rings. The second-order valence-corrected chi connectivity index (χ2v) is 14.1. The third-order valence-electron chi connectivity index (χ3n) is 9.55. The maximum Gasteiger partial charge on any atom is 0.308 e. The third kappa shape index (κ3) is 8.05. The van der Waals surface area contributed by atoms with E-state index in [0.29, 0.717) is 45.6 Å². The molecule has 1 N–H and O–H groups in total. The Morgan fingerprint density at radius 1 is 1.09 bits per heavy atom. The molecule has 3 aliphatic rings. The largest absolute Gasteiger partial charge is 0.493 e. The molecule has 244 valence electrons. The Hall–Kier alpha value is -3.43. The van der Waals surface area contributed by atoms with Crippen molar-refractivity contribution in [2.24, 2.45) is 5.92 Å². The fourth-order valence-corrected chi connectivity index (χ4v) is 7.36. The monoisotopic (exact) mass is 619 g/mol. The van der Waals surface area contributed by atoms with Crippen molar-refractivity contribution >= 4 is 23.5 Å². The molecular formula is C36H51N4O5+. The number of ether oxygens (including phenoxy) is 1. The first-order valence-electron chi connectivity index (χ1n) is 16.7. The van der Waals surface area contributed by atoms with Crippen molar-refractivity contribution < 1.29 is 28.7 Å². The van der Waals surface area contributed by atoms with E-state index in [0.717, 1.165) is 65.7 Å². The van der Waals surface area contributed by atoms with Crippen LogP contribution in [0.2, 0.25) is 0 Å². The number of carbonyl (C=O) groups is 3. The number of hydrogen-bond donors (Lipinski definition) is 1. The highest BCUT2D eigenvalue weighted by Gasteiger charge is 2.47. The molecule has 2 aromatic rings. The second-order valence-electron chi connectivity index (χ2n) is 14.1. The highest BCUT2D eigenvalue weighted by molar-refractivity contribution is 5.95. The summed E-state index contributed by atoms with van der Waals surface area (Å²) in [5.41, 5.74) is 4.16. The Morgan fingerprint density at radius 3 is 2.64 bits per heavy atom. The van der Waals surface area contributed by atoms with Crippen molar-refractivity contribution in [2.75, 3.05) is 65.4 Å². The number of quaternary nitrogens is 1. The van der Waals surface area contributed by atoms with Crippen molar-refractivity contribution in [1.29, 1.82) is 0 Å². The second kappa shape index (κ2) is 14.3. The van der Waals surface area contributed by atoms with Crippen LogP contribution in [-0.2, 0) is 27.3 Å². The van der Waals surface area contributed by atoms with Crippen LogP contribution in [0.4, 0.5) is 5.69 Å². The van der Waals surface area contributed by atoms with Crippen LogP contribution in [0.3, 0.4) is 0 Å². The average molecular weight is 620 g/mol. The van der Waals surface area contributed by atoms with Crippen LogP contribution in [-0.4, -0.2) is 104 Å². The molecule has 3 heterocycles. The maximum absolute atomic E-state index is 14.2. The third-order valence-corrected chi connectivity index (χ3v) is 9.55. The lowest BCUT2D eigenvalue weighted by molar-refractivity contribution is -0.884. The Kier molecular flexibility index (Phi) is 10.5. The average Bonchev–Trinajstić information content (AvgIpc) is 3.60. The first kappa shape index (κ1) is 32.9. The number of aliphatic carboxylic acids is 1. The van der Waals surface area contributed by atoms with Gasteiger partial charge in [-0.2, -0.15) is 0 Å². The number of carbonyl (C=O) groups excluding carboxylic acids is 2. The molecule has 0 aliphatic carbocycles. The fraction of sp³-hybridized carbons (Fsp3) is 0.583. The molecule has 0 bridgehead atoms. The van der Waals surface area contributed by atoms with Crippen molar-refractivity contribution in [3.63, 3.8) is 0 Å². The molecule has 5 rings (SSSR count). The van der Waals surface area contributed by atoms with E-state index in [1.165, 1.54) is 5.56 Å². The zero-order chi connectivity index (χ0) is 32.1. The summed E-state index contributed by atoms with van der Waals surface area (Å²) >= 11 is 0. The lowest BCUT2D eigenvalue weighted by Gasteiger charge is -2.33. The number of nitrogens with zero attached hydrogens (tertiary/aromatic N) is 4. The van der Waals surface area contributed by atoms with E-state index in [1.807, 2.05) is 34.1 Å². The summed E-state index contributed by atoms with van der Waals surface area (Å²) in [7, 11) is 6.46. The van der Waals surface area contributed by atoms with Gasteiger partial charge >= 0.3 is 5.97 Å². The number of unbranched alkanes of at least 4 members (excludes halogenated alkanes) is 1. The molecule has 3 aliphatic heterocycles. The van der Waals surface area contributed by atoms with Crippen LogP contribution in [0.1, 0.15) is 68.1 Å². The molecular weight excluding hydrogens is 568 g/mol. The van der Waals surface area contributed by atoms with Crippen LogP contribution in [0.5, 0.6) is 5.75 Å². The van der Waals surface area contributed by atoms with E-state index in [-0.39, 0.29) is 30.3 Å². The molecule has 1 unspecified atom stereocenters. The summed E-state index contributed by atoms with van der Waals surface area (Å²) in [4.78, 5) is 45.8. The summed E-state index contributed by atoms with van der Waals surface area (Å²) in [6.07, 6.45) is 5.61. The summed E-state index contributed by atoms with van der Waals surface area (Å²) in [6, 6.07) is 13.9. The number of rotatable bonds is 13. The summed E-state index contributed by atoms with van der Waals surface area (Å²) in [6.45, 7) is 6.06. The minimum Gasteiger partial charge on any atom is -0.493 e. The van der Waals surface area contributed by atoms with Crippen molar-refractivity contribution in [2.45, 2.75) is 70.4 Å². The van der Waals surface area contributed by atoms with Gasteiger partial charge < -0.3 is 24.1 Å². The summed E-state index contributed by atoms with van der Waals surface area (Å²) in [5, 5.41) is 10.6. The maximum atomic E-state index is 14.2. The SMILES string of the molecule is CCCCN(C(=O)CN1C[C@H](c2ccc3c(c2)CCO3)C(C(=O)O)[C@@H]1CCN1CCCCC1=O)c1cccc(C[N+](C)(C)C)c1. The molecule has 0 spiro atoms. The van der Waals surface area contributed by atoms with Gasteiger partial charge in [0.05, 0.1) is 40.2 Å². The topological polar surface area (TPSA) is 90.4 Å². The molecule has 3 atom stereocenters. The quantitative estimate of drug-likeness (QED) is 0.332. The Bertz CT molecular complexity index is 1370. The van der Waals surface area contributed by atoms with E-state index in [9.17, 15) is 19.5 Å². The van der Waals surface area contributed by atoms with Crippen molar-refractivity contribution in [1.82, 2.24) is 9.80 Å². The number of fused-ring (bicyclic) bond motifs is 1. The van der Waals surface area contributed by atoms with Crippen LogP contribution in [0.25, 0.3) is 0 Å². The zero-order valence-corrected chi connectivity index (χ0v) is 27.5. The van der Waals surface area contributed by atoms with Gasteiger partial charge in [-0.1, -0.05) is 37.6 Å². The highest BCUT2D eigenvalue weighted by Crippen LogP contribution is 2.41. The van der Waals surface area contributed by atoms with E-state index in [2.05, 4.69) is 51.2 Å². The predicted octanol–water partition coefficient (Wildman–Crippen LogP) is 4.53. The van der Waals surface area contributed by atoms with Gasteiger partial charge in [-0.3, -0.25) is 19.3 Å². The minimum atomic E-state index is -0.850. The predicted molar refractivity (Wildman–Crippen MR) is 175 cm³/mol. The fourth-order valence-electron chi connectivity index (χ4n) is 7.36. The van der Waals surface area contributed by atoms with E-state index < -0.39 is 11.9 Å². The van der Waals surface area contributed by atoms with Gasteiger partial charge in [0, 0.05) is 62.2 Å². The Morgan fingerprint density at radius 2 is 1.91 bits per heavy atom. The van der Waals surface area contributed by atoms with Crippen LogP contribution in [0, 0.1) is 5.92 Å². The molecule has 0 aromatic heterocycles.